The standard InChI is InChI=1S/C14H18ClN3O/c1-3-8-18-13(19)17-12(16)14(18,2)9-10-4-6-11(15)7-5-10/h4-7H,3,8-9H2,1-2H3,(H2,16,17,19). The summed E-state index contributed by atoms with van der Waals surface area (Å²) >= 11 is 5.88. The maximum atomic E-state index is 11.9. The van der Waals surface area contributed by atoms with Crippen LogP contribution < -0.4 is 5.73 Å². The van der Waals surface area contributed by atoms with E-state index in [9.17, 15) is 4.79 Å². The Morgan fingerprint density at radius 1 is 1.37 bits per heavy atom. The molecule has 1 aliphatic heterocycles. The molecule has 0 aliphatic carbocycles. The minimum absolute atomic E-state index is 0.240. The Hall–Kier alpha value is -1.55. The van der Waals surface area contributed by atoms with E-state index >= 15 is 0 Å². The zero-order valence-corrected chi connectivity index (χ0v) is 11.9. The predicted octanol–water partition coefficient (Wildman–Crippen LogP) is 2.84. The zero-order chi connectivity index (χ0) is 14.0. The highest BCUT2D eigenvalue weighted by atomic mass is 35.5. The minimum Gasteiger partial charge on any atom is -0.385 e. The van der Waals surface area contributed by atoms with Crippen molar-refractivity contribution in [3.63, 3.8) is 0 Å². The van der Waals surface area contributed by atoms with E-state index in [1.807, 2.05) is 38.1 Å². The third kappa shape index (κ3) is 2.59. The van der Waals surface area contributed by atoms with Crippen LogP contribution in [0.25, 0.3) is 0 Å². The first-order chi connectivity index (χ1) is 8.97. The molecule has 1 unspecified atom stereocenters. The van der Waals surface area contributed by atoms with E-state index in [1.54, 1.807) is 4.90 Å². The molecule has 0 fully saturated rings. The molecule has 2 amide bonds. The highest BCUT2D eigenvalue weighted by Gasteiger charge is 2.43. The van der Waals surface area contributed by atoms with Gasteiger partial charge in [0.1, 0.15) is 11.4 Å². The van der Waals surface area contributed by atoms with Gasteiger partial charge < -0.3 is 10.6 Å². The first-order valence-electron chi connectivity index (χ1n) is 6.38. The van der Waals surface area contributed by atoms with Gasteiger partial charge in [0.05, 0.1) is 0 Å². The van der Waals surface area contributed by atoms with Crippen LogP contribution in [-0.4, -0.2) is 28.9 Å². The second-order valence-electron chi connectivity index (χ2n) is 5.01. The van der Waals surface area contributed by atoms with Gasteiger partial charge in [-0.25, -0.2) is 4.79 Å². The van der Waals surface area contributed by atoms with E-state index in [-0.39, 0.29) is 6.03 Å². The molecule has 0 saturated heterocycles. The predicted molar refractivity (Wildman–Crippen MR) is 77.6 cm³/mol. The Morgan fingerprint density at radius 3 is 2.58 bits per heavy atom. The summed E-state index contributed by atoms with van der Waals surface area (Å²) in [7, 11) is 0. The second kappa shape index (κ2) is 5.21. The van der Waals surface area contributed by atoms with Gasteiger partial charge in [-0.15, -0.1) is 0 Å². The fourth-order valence-electron chi connectivity index (χ4n) is 2.38. The van der Waals surface area contributed by atoms with Crippen molar-refractivity contribution in [3.05, 3.63) is 34.9 Å². The molecule has 5 heteroatoms. The van der Waals surface area contributed by atoms with Crippen LogP contribution in [0.4, 0.5) is 4.79 Å². The molecule has 0 bridgehead atoms. The lowest BCUT2D eigenvalue weighted by Crippen LogP contribution is -2.53. The number of carbonyl (C=O) groups is 1. The molecule has 0 aromatic heterocycles. The van der Waals surface area contributed by atoms with E-state index in [1.165, 1.54) is 0 Å². The lowest BCUT2D eigenvalue weighted by molar-refractivity contribution is 0.178. The highest BCUT2D eigenvalue weighted by molar-refractivity contribution is 6.30. The summed E-state index contributed by atoms with van der Waals surface area (Å²) in [5.41, 5.74) is 6.51. The van der Waals surface area contributed by atoms with Crippen LogP contribution in [0.1, 0.15) is 25.8 Å². The number of halogens is 1. The second-order valence-corrected chi connectivity index (χ2v) is 5.44. The first kappa shape index (κ1) is 13.9. The molecule has 2 N–H and O–H groups in total. The van der Waals surface area contributed by atoms with Crippen molar-refractivity contribution in [3.8, 4) is 0 Å². The summed E-state index contributed by atoms with van der Waals surface area (Å²) in [6, 6.07) is 7.35. The summed E-state index contributed by atoms with van der Waals surface area (Å²) in [6.07, 6.45) is 1.52. The fraction of sp³-hybridized carbons (Fsp3) is 0.429. The molecule has 0 radical (unpaired) electrons. The van der Waals surface area contributed by atoms with Gasteiger partial charge >= 0.3 is 6.03 Å². The van der Waals surface area contributed by atoms with Crippen LogP contribution in [0.15, 0.2) is 29.3 Å². The van der Waals surface area contributed by atoms with Gasteiger partial charge in [-0.2, -0.15) is 4.99 Å². The highest BCUT2D eigenvalue weighted by Crippen LogP contribution is 2.28. The maximum absolute atomic E-state index is 11.9. The Morgan fingerprint density at radius 2 is 2.00 bits per heavy atom. The number of nitrogens with two attached hydrogens (primary N) is 1. The molecule has 4 nitrogen and oxygen atoms in total. The SMILES string of the molecule is CCCN1C(=O)N=C(N)C1(C)Cc1ccc(Cl)cc1. The smallest absolute Gasteiger partial charge is 0.346 e. The number of aliphatic imine (C=N–C) groups is 1. The van der Waals surface area contributed by atoms with Crippen molar-refractivity contribution in [1.29, 1.82) is 0 Å². The molecule has 1 aromatic rings. The number of hydrogen-bond donors (Lipinski definition) is 1. The molecular weight excluding hydrogens is 262 g/mol. The van der Waals surface area contributed by atoms with E-state index in [2.05, 4.69) is 4.99 Å². The van der Waals surface area contributed by atoms with E-state index in [0.29, 0.717) is 23.8 Å². The van der Waals surface area contributed by atoms with Gasteiger partial charge in [0, 0.05) is 18.0 Å². The van der Waals surface area contributed by atoms with E-state index in [4.69, 9.17) is 17.3 Å². The van der Waals surface area contributed by atoms with Gasteiger partial charge in [0.15, 0.2) is 0 Å². The molecule has 0 spiro atoms. The summed E-state index contributed by atoms with van der Waals surface area (Å²) in [4.78, 5) is 17.5. The summed E-state index contributed by atoms with van der Waals surface area (Å²) in [5.74, 6) is 0.390. The van der Waals surface area contributed by atoms with Gasteiger partial charge in [-0.1, -0.05) is 30.7 Å². The number of urea groups is 1. The third-order valence-corrected chi connectivity index (χ3v) is 3.76. The molecule has 1 atom stereocenters. The van der Waals surface area contributed by atoms with Crippen molar-refractivity contribution in [1.82, 2.24) is 4.90 Å². The number of carbonyl (C=O) groups excluding carboxylic acids is 1. The fourth-order valence-corrected chi connectivity index (χ4v) is 2.51. The number of benzene rings is 1. The molecule has 1 heterocycles. The van der Waals surface area contributed by atoms with Crippen LogP contribution in [0.2, 0.25) is 5.02 Å². The Bertz CT molecular complexity index is 512. The topological polar surface area (TPSA) is 58.7 Å². The number of rotatable bonds is 4. The monoisotopic (exact) mass is 279 g/mol. The number of amidine groups is 1. The van der Waals surface area contributed by atoms with Crippen LogP contribution >= 0.6 is 11.6 Å². The Kier molecular flexibility index (Phi) is 3.80. The molecule has 102 valence electrons. The average molecular weight is 280 g/mol. The molecule has 0 saturated carbocycles. The Labute approximate surface area is 118 Å². The van der Waals surface area contributed by atoms with E-state index in [0.717, 1.165) is 12.0 Å². The number of nitrogens with zero attached hydrogens (tertiary/aromatic N) is 2. The van der Waals surface area contributed by atoms with Crippen LogP contribution in [-0.2, 0) is 6.42 Å². The first-order valence-corrected chi connectivity index (χ1v) is 6.76. The van der Waals surface area contributed by atoms with Crippen LogP contribution in [0.5, 0.6) is 0 Å². The zero-order valence-electron chi connectivity index (χ0n) is 11.2. The van der Waals surface area contributed by atoms with Crippen molar-refractivity contribution in [2.24, 2.45) is 10.7 Å². The van der Waals surface area contributed by atoms with Crippen molar-refractivity contribution in [2.45, 2.75) is 32.2 Å². The lowest BCUT2D eigenvalue weighted by atomic mass is 9.90. The Balaban J connectivity index is 2.26. The molecular formula is C14H18ClN3O. The van der Waals surface area contributed by atoms with Crippen molar-refractivity contribution in [2.75, 3.05) is 6.54 Å². The quantitative estimate of drug-likeness (QED) is 0.921. The largest absolute Gasteiger partial charge is 0.385 e. The van der Waals surface area contributed by atoms with Gasteiger partial charge in [0.2, 0.25) is 0 Å². The number of hydrogen-bond acceptors (Lipinski definition) is 2. The third-order valence-electron chi connectivity index (χ3n) is 3.50. The molecule has 2 rings (SSSR count). The molecule has 1 aromatic carbocycles. The summed E-state index contributed by atoms with van der Waals surface area (Å²) in [5, 5.41) is 0.698. The number of amides is 2. The van der Waals surface area contributed by atoms with E-state index < -0.39 is 5.54 Å². The molecule has 1 aliphatic rings. The lowest BCUT2D eigenvalue weighted by Gasteiger charge is -2.34. The minimum atomic E-state index is -0.541. The van der Waals surface area contributed by atoms with Crippen molar-refractivity contribution < 1.29 is 4.79 Å². The van der Waals surface area contributed by atoms with Crippen LogP contribution in [0.3, 0.4) is 0 Å². The van der Waals surface area contributed by atoms with Gasteiger partial charge in [0.25, 0.3) is 0 Å². The summed E-state index contributed by atoms with van der Waals surface area (Å²) < 4.78 is 0. The normalized spacial score (nSPS) is 22.8. The molecule has 19 heavy (non-hydrogen) atoms. The van der Waals surface area contributed by atoms with Gasteiger partial charge in [-0.3, -0.25) is 0 Å². The average Bonchev–Trinajstić information content (AvgIpc) is 2.57. The maximum Gasteiger partial charge on any atom is 0.346 e. The van der Waals surface area contributed by atoms with Gasteiger partial charge in [-0.05, 0) is 31.0 Å². The summed E-state index contributed by atoms with van der Waals surface area (Å²) in [6.45, 7) is 4.65. The van der Waals surface area contributed by atoms with Crippen LogP contribution in [0, 0.1) is 0 Å². The van der Waals surface area contributed by atoms with Crippen molar-refractivity contribution >= 4 is 23.5 Å².